The molecule has 0 spiro atoms. The average molecular weight is 342 g/mol. The van der Waals surface area contributed by atoms with Crippen LogP contribution in [0.15, 0.2) is 0 Å². The average Bonchev–Trinajstić information content (AvgIpc) is 2.38. The van der Waals surface area contributed by atoms with Gasteiger partial charge in [0.25, 0.3) is 10.2 Å². The van der Waals surface area contributed by atoms with Gasteiger partial charge in [-0.1, -0.05) is 0 Å². The third-order valence-electron chi connectivity index (χ3n) is 4.10. The second-order valence-corrected chi connectivity index (χ2v) is 7.79. The molecule has 2 rings (SSSR count). The van der Waals surface area contributed by atoms with Crippen molar-refractivity contribution in [3.63, 3.8) is 0 Å². The third kappa shape index (κ3) is 5.33. The molecule has 0 aliphatic carbocycles. The Labute approximate surface area is 134 Å². The van der Waals surface area contributed by atoms with Gasteiger partial charge in [-0.25, -0.2) is 0 Å². The van der Waals surface area contributed by atoms with Gasteiger partial charge in [-0.2, -0.15) is 17.4 Å². The monoisotopic (exact) mass is 341 g/mol. The molecule has 2 heterocycles. The number of piperidine rings is 1. The summed E-state index contributed by atoms with van der Waals surface area (Å²) < 4.78 is 34.9. The molecule has 0 aromatic carbocycles. The van der Waals surface area contributed by atoms with Gasteiger partial charge in [0.1, 0.15) is 0 Å². The number of rotatable bonds is 4. The standard InChI is InChI=1S/C13H27N3O3S.ClH/c1-10-8-16(9-11(2)19-10)20(17,18)15-12(3)13-5-4-6-14-7-13;/h10-15H,4-9H2,1-3H3;1H. The van der Waals surface area contributed by atoms with Crippen molar-refractivity contribution in [1.29, 1.82) is 0 Å². The maximum absolute atomic E-state index is 12.5. The molecule has 4 unspecified atom stereocenters. The summed E-state index contributed by atoms with van der Waals surface area (Å²) in [6.45, 7) is 8.56. The molecule has 21 heavy (non-hydrogen) atoms. The van der Waals surface area contributed by atoms with Crippen LogP contribution in [-0.4, -0.2) is 57.2 Å². The lowest BCUT2D eigenvalue weighted by Gasteiger charge is -2.36. The number of nitrogens with one attached hydrogen (secondary N) is 2. The van der Waals surface area contributed by atoms with Crippen molar-refractivity contribution in [3.05, 3.63) is 0 Å². The molecule has 2 saturated heterocycles. The van der Waals surface area contributed by atoms with Crippen LogP contribution in [0.2, 0.25) is 0 Å². The van der Waals surface area contributed by atoms with Gasteiger partial charge in [-0.3, -0.25) is 0 Å². The molecule has 126 valence electrons. The molecule has 2 fully saturated rings. The molecule has 0 bridgehead atoms. The summed E-state index contributed by atoms with van der Waals surface area (Å²) >= 11 is 0. The fourth-order valence-corrected chi connectivity index (χ4v) is 4.66. The van der Waals surface area contributed by atoms with E-state index >= 15 is 0 Å². The first kappa shape index (κ1) is 19.1. The van der Waals surface area contributed by atoms with Gasteiger partial charge in [0.05, 0.1) is 12.2 Å². The van der Waals surface area contributed by atoms with Crippen molar-refractivity contribution in [3.8, 4) is 0 Å². The second-order valence-electron chi connectivity index (χ2n) is 6.09. The molecule has 2 aliphatic rings. The molecule has 4 atom stereocenters. The molecule has 6 nitrogen and oxygen atoms in total. The summed E-state index contributed by atoms with van der Waals surface area (Å²) in [5.41, 5.74) is 0. The highest BCUT2D eigenvalue weighted by molar-refractivity contribution is 7.87. The Hall–Kier alpha value is 0.0800. The fourth-order valence-electron chi connectivity index (χ4n) is 3.04. The maximum Gasteiger partial charge on any atom is 0.279 e. The molecule has 0 aromatic heterocycles. The summed E-state index contributed by atoms with van der Waals surface area (Å²) in [5.74, 6) is 0.370. The zero-order chi connectivity index (χ0) is 14.8. The molecule has 0 amide bonds. The quantitative estimate of drug-likeness (QED) is 0.791. The molecule has 0 radical (unpaired) electrons. The Kier molecular flexibility index (Phi) is 7.36. The van der Waals surface area contributed by atoms with Crippen LogP contribution in [0.1, 0.15) is 33.6 Å². The first-order valence-corrected chi connectivity index (χ1v) is 8.96. The molecule has 8 heteroatoms. The van der Waals surface area contributed by atoms with E-state index in [1.165, 1.54) is 4.31 Å². The fraction of sp³-hybridized carbons (Fsp3) is 1.00. The SMILES string of the molecule is CC1CN(S(=O)(=O)NC(C)C2CCCNC2)CC(C)O1.Cl. The summed E-state index contributed by atoms with van der Waals surface area (Å²) in [4.78, 5) is 0. The topological polar surface area (TPSA) is 70.7 Å². The van der Waals surface area contributed by atoms with Crippen molar-refractivity contribution in [2.45, 2.75) is 51.9 Å². The Bertz CT molecular complexity index is 405. The van der Waals surface area contributed by atoms with E-state index in [0.717, 1.165) is 25.9 Å². The Balaban J connectivity index is 0.00000220. The van der Waals surface area contributed by atoms with Crippen LogP contribution in [0.25, 0.3) is 0 Å². The maximum atomic E-state index is 12.5. The van der Waals surface area contributed by atoms with E-state index in [2.05, 4.69) is 10.0 Å². The van der Waals surface area contributed by atoms with Crippen LogP contribution in [-0.2, 0) is 14.9 Å². The van der Waals surface area contributed by atoms with Crippen molar-refractivity contribution in [2.75, 3.05) is 26.2 Å². The lowest BCUT2D eigenvalue weighted by molar-refractivity contribution is -0.0445. The van der Waals surface area contributed by atoms with E-state index in [0.29, 0.717) is 19.0 Å². The molecular formula is C13H28ClN3O3S. The van der Waals surface area contributed by atoms with Crippen molar-refractivity contribution in [1.82, 2.24) is 14.3 Å². The Morgan fingerprint density at radius 1 is 1.29 bits per heavy atom. The number of nitrogens with zero attached hydrogens (tertiary/aromatic N) is 1. The molecule has 2 N–H and O–H groups in total. The molecule has 2 aliphatic heterocycles. The smallest absolute Gasteiger partial charge is 0.279 e. The highest BCUT2D eigenvalue weighted by Gasteiger charge is 2.33. The van der Waals surface area contributed by atoms with Gasteiger partial charge in [0.2, 0.25) is 0 Å². The van der Waals surface area contributed by atoms with E-state index in [1.807, 2.05) is 20.8 Å². The normalized spacial score (nSPS) is 33.2. The Morgan fingerprint density at radius 2 is 1.90 bits per heavy atom. The minimum atomic E-state index is -3.42. The molecule has 0 aromatic rings. The van der Waals surface area contributed by atoms with Crippen LogP contribution in [0.3, 0.4) is 0 Å². The van der Waals surface area contributed by atoms with Crippen LogP contribution in [0.5, 0.6) is 0 Å². The van der Waals surface area contributed by atoms with Gasteiger partial charge in [0.15, 0.2) is 0 Å². The minimum Gasteiger partial charge on any atom is -0.373 e. The summed E-state index contributed by atoms with van der Waals surface area (Å²) in [6, 6.07) is -0.0405. The number of hydrogen-bond acceptors (Lipinski definition) is 4. The van der Waals surface area contributed by atoms with E-state index in [-0.39, 0.29) is 30.7 Å². The molecular weight excluding hydrogens is 314 g/mol. The minimum absolute atomic E-state index is 0. The van der Waals surface area contributed by atoms with Gasteiger partial charge in [-0.15, -0.1) is 12.4 Å². The van der Waals surface area contributed by atoms with Crippen molar-refractivity contribution in [2.24, 2.45) is 5.92 Å². The van der Waals surface area contributed by atoms with Crippen molar-refractivity contribution >= 4 is 22.6 Å². The number of morpholine rings is 1. The van der Waals surface area contributed by atoms with Crippen LogP contribution >= 0.6 is 12.4 Å². The predicted molar refractivity (Wildman–Crippen MR) is 85.9 cm³/mol. The van der Waals surface area contributed by atoms with E-state index in [9.17, 15) is 8.42 Å². The van der Waals surface area contributed by atoms with Gasteiger partial charge < -0.3 is 10.1 Å². The summed E-state index contributed by atoms with van der Waals surface area (Å²) in [7, 11) is -3.42. The summed E-state index contributed by atoms with van der Waals surface area (Å²) in [6.07, 6.45) is 2.08. The first-order valence-electron chi connectivity index (χ1n) is 7.52. The van der Waals surface area contributed by atoms with E-state index in [4.69, 9.17) is 4.74 Å². The lowest BCUT2D eigenvalue weighted by atomic mass is 9.94. The van der Waals surface area contributed by atoms with Gasteiger partial charge >= 0.3 is 0 Å². The third-order valence-corrected chi connectivity index (χ3v) is 5.75. The zero-order valence-electron chi connectivity index (χ0n) is 13.0. The van der Waals surface area contributed by atoms with Gasteiger partial charge in [0, 0.05) is 19.1 Å². The predicted octanol–water partition coefficient (Wildman–Crippen LogP) is 0.740. The van der Waals surface area contributed by atoms with E-state index in [1.54, 1.807) is 0 Å². The number of halogens is 1. The molecule has 0 saturated carbocycles. The van der Waals surface area contributed by atoms with Crippen LogP contribution in [0, 0.1) is 5.92 Å². The number of hydrogen-bond donors (Lipinski definition) is 2. The zero-order valence-corrected chi connectivity index (χ0v) is 14.7. The van der Waals surface area contributed by atoms with Crippen LogP contribution in [0.4, 0.5) is 0 Å². The Morgan fingerprint density at radius 3 is 2.43 bits per heavy atom. The largest absolute Gasteiger partial charge is 0.373 e. The second kappa shape index (κ2) is 8.08. The number of ether oxygens (including phenoxy) is 1. The van der Waals surface area contributed by atoms with Crippen LogP contribution < -0.4 is 10.0 Å². The van der Waals surface area contributed by atoms with Gasteiger partial charge in [-0.05, 0) is 52.6 Å². The van der Waals surface area contributed by atoms with E-state index < -0.39 is 10.2 Å². The highest BCUT2D eigenvalue weighted by atomic mass is 35.5. The summed E-state index contributed by atoms with van der Waals surface area (Å²) in [5, 5.41) is 3.33. The lowest BCUT2D eigenvalue weighted by Crippen LogP contribution is -2.55. The highest BCUT2D eigenvalue weighted by Crippen LogP contribution is 2.18. The first-order chi connectivity index (χ1) is 9.38. The van der Waals surface area contributed by atoms with Crippen molar-refractivity contribution < 1.29 is 13.2 Å².